The fourth-order valence-corrected chi connectivity index (χ4v) is 2.87. The molecule has 1 N–H and O–H groups in total. The minimum Gasteiger partial charge on any atom is -0.315 e. The fraction of sp³-hybridized carbons (Fsp3) is 0.429. The highest BCUT2D eigenvalue weighted by atomic mass is 32.1. The topological polar surface area (TPSA) is 12.0 Å². The Morgan fingerprint density at radius 3 is 2.94 bits per heavy atom. The number of nitrogens with one attached hydrogen (secondary N) is 1. The molecule has 1 heterocycles. The van der Waals surface area contributed by atoms with Crippen LogP contribution in [0.1, 0.15) is 25.8 Å². The van der Waals surface area contributed by atoms with Crippen molar-refractivity contribution in [1.29, 1.82) is 0 Å². The van der Waals surface area contributed by atoms with Gasteiger partial charge < -0.3 is 5.32 Å². The lowest BCUT2D eigenvalue weighted by Crippen LogP contribution is -2.23. The summed E-state index contributed by atoms with van der Waals surface area (Å²) in [6.45, 7) is 5.50. The minimum absolute atomic E-state index is 0.595. The summed E-state index contributed by atoms with van der Waals surface area (Å²) >= 11 is 1.86. The van der Waals surface area contributed by atoms with Crippen molar-refractivity contribution in [3.63, 3.8) is 0 Å². The molecule has 0 atom stereocenters. The van der Waals surface area contributed by atoms with Gasteiger partial charge in [0.2, 0.25) is 0 Å². The van der Waals surface area contributed by atoms with Crippen LogP contribution in [0.15, 0.2) is 29.6 Å². The Bertz CT molecular complexity index is 445. The van der Waals surface area contributed by atoms with Gasteiger partial charge in [0.05, 0.1) is 0 Å². The van der Waals surface area contributed by atoms with Crippen molar-refractivity contribution < 1.29 is 0 Å². The summed E-state index contributed by atoms with van der Waals surface area (Å²) in [4.78, 5) is 0. The number of hydrogen-bond acceptors (Lipinski definition) is 2. The number of fused-ring (bicyclic) bond motifs is 1. The zero-order valence-electron chi connectivity index (χ0n) is 9.99. The molecule has 0 saturated carbocycles. The van der Waals surface area contributed by atoms with E-state index >= 15 is 0 Å². The molecule has 1 nitrogen and oxygen atoms in total. The first kappa shape index (κ1) is 11.6. The average molecular weight is 233 g/mol. The summed E-state index contributed by atoms with van der Waals surface area (Å²) in [5, 5.41) is 7.03. The zero-order chi connectivity index (χ0) is 11.4. The summed E-state index contributed by atoms with van der Waals surface area (Å²) in [6, 6.07) is 9.42. The first-order valence-electron chi connectivity index (χ1n) is 5.96. The van der Waals surface area contributed by atoms with E-state index in [-0.39, 0.29) is 0 Å². The van der Waals surface area contributed by atoms with E-state index in [9.17, 15) is 0 Å². The summed E-state index contributed by atoms with van der Waals surface area (Å²) in [6.07, 6.45) is 2.40. The lowest BCUT2D eigenvalue weighted by atomic mass is 10.1. The largest absolute Gasteiger partial charge is 0.315 e. The monoisotopic (exact) mass is 233 g/mol. The summed E-state index contributed by atoms with van der Waals surface area (Å²) in [5.74, 6) is 0. The van der Waals surface area contributed by atoms with Gasteiger partial charge in [0, 0.05) is 10.7 Å². The number of thiophene rings is 1. The zero-order valence-corrected chi connectivity index (χ0v) is 10.8. The Morgan fingerprint density at radius 1 is 1.25 bits per heavy atom. The molecule has 2 rings (SSSR count). The standard InChI is InChI=1S/C14H19NS/c1-11(2)15-9-4-7-12-5-3-6-13-8-10-16-14(12)13/h3,5-6,8,10-11,15H,4,7,9H2,1-2H3. The molecule has 0 unspecified atom stereocenters. The van der Waals surface area contributed by atoms with Crippen molar-refractivity contribution in [3.05, 3.63) is 35.2 Å². The lowest BCUT2D eigenvalue weighted by Gasteiger charge is -2.08. The Kier molecular flexibility index (Phi) is 3.97. The Labute approximate surface area is 101 Å². The number of benzene rings is 1. The molecule has 2 heteroatoms. The third-order valence-electron chi connectivity index (χ3n) is 2.74. The van der Waals surface area contributed by atoms with Gasteiger partial charge in [0.25, 0.3) is 0 Å². The molecule has 0 radical (unpaired) electrons. The molecule has 0 amide bonds. The van der Waals surface area contributed by atoms with Gasteiger partial charge in [0.15, 0.2) is 0 Å². The van der Waals surface area contributed by atoms with Crippen molar-refractivity contribution in [1.82, 2.24) is 5.32 Å². The summed E-state index contributed by atoms with van der Waals surface area (Å²) in [7, 11) is 0. The van der Waals surface area contributed by atoms with Crippen LogP contribution in [0, 0.1) is 0 Å². The Balaban J connectivity index is 1.96. The smallest absolute Gasteiger partial charge is 0.0374 e. The van der Waals surface area contributed by atoms with Crippen molar-refractivity contribution in [3.8, 4) is 0 Å². The maximum absolute atomic E-state index is 3.46. The van der Waals surface area contributed by atoms with E-state index in [1.54, 1.807) is 0 Å². The van der Waals surface area contributed by atoms with Crippen LogP contribution < -0.4 is 5.32 Å². The van der Waals surface area contributed by atoms with Crippen LogP contribution in [-0.2, 0) is 6.42 Å². The quantitative estimate of drug-likeness (QED) is 0.774. The highest BCUT2D eigenvalue weighted by Gasteiger charge is 2.01. The lowest BCUT2D eigenvalue weighted by molar-refractivity contribution is 0.571. The summed E-state index contributed by atoms with van der Waals surface area (Å²) < 4.78 is 1.46. The third-order valence-corrected chi connectivity index (χ3v) is 3.74. The predicted octanol–water partition coefficient (Wildman–Crippen LogP) is 3.83. The molecule has 16 heavy (non-hydrogen) atoms. The second-order valence-electron chi connectivity index (χ2n) is 4.47. The molecule has 0 spiro atoms. The first-order chi connectivity index (χ1) is 7.77. The van der Waals surface area contributed by atoms with Gasteiger partial charge in [-0.15, -0.1) is 11.3 Å². The number of hydrogen-bond donors (Lipinski definition) is 1. The molecule has 0 aliphatic rings. The number of aryl methyl sites for hydroxylation is 1. The minimum atomic E-state index is 0.595. The Hall–Kier alpha value is -0.860. The van der Waals surface area contributed by atoms with E-state index in [4.69, 9.17) is 0 Å². The van der Waals surface area contributed by atoms with Gasteiger partial charge in [0.1, 0.15) is 0 Å². The van der Waals surface area contributed by atoms with E-state index in [2.05, 4.69) is 48.8 Å². The molecule has 0 bridgehead atoms. The second kappa shape index (κ2) is 5.46. The average Bonchev–Trinajstić information content (AvgIpc) is 2.72. The highest BCUT2D eigenvalue weighted by Crippen LogP contribution is 2.25. The van der Waals surface area contributed by atoms with Gasteiger partial charge in [-0.05, 0) is 41.8 Å². The van der Waals surface area contributed by atoms with E-state index in [0.29, 0.717) is 6.04 Å². The van der Waals surface area contributed by atoms with E-state index in [1.807, 2.05) is 11.3 Å². The second-order valence-corrected chi connectivity index (χ2v) is 5.38. The SMILES string of the molecule is CC(C)NCCCc1cccc2ccsc12. The molecular formula is C14H19NS. The van der Waals surface area contributed by atoms with Crippen molar-refractivity contribution >= 4 is 21.4 Å². The molecule has 1 aromatic carbocycles. The van der Waals surface area contributed by atoms with Gasteiger partial charge in [-0.1, -0.05) is 32.0 Å². The van der Waals surface area contributed by atoms with Gasteiger partial charge >= 0.3 is 0 Å². The van der Waals surface area contributed by atoms with Crippen LogP contribution in [-0.4, -0.2) is 12.6 Å². The molecule has 2 aromatic rings. The highest BCUT2D eigenvalue weighted by molar-refractivity contribution is 7.17. The summed E-state index contributed by atoms with van der Waals surface area (Å²) in [5.41, 5.74) is 1.50. The van der Waals surface area contributed by atoms with E-state index in [0.717, 1.165) is 6.54 Å². The maximum Gasteiger partial charge on any atom is 0.0374 e. The van der Waals surface area contributed by atoms with Crippen LogP contribution in [0.5, 0.6) is 0 Å². The van der Waals surface area contributed by atoms with E-state index in [1.165, 1.54) is 28.5 Å². The molecule has 0 fully saturated rings. The van der Waals surface area contributed by atoms with Crippen molar-refractivity contribution in [2.24, 2.45) is 0 Å². The predicted molar refractivity (Wildman–Crippen MR) is 73.3 cm³/mol. The fourth-order valence-electron chi connectivity index (χ4n) is 1.92. The molecular weight excluding hydrogens is 214 g/mol. The van der Waals surface area contributed by atoms with Crippen LogP contribution in [0.2, 0.25) is 0 Å². The van der Waals surface area contributed by atoms with E-state index < -0.39 is 0 Å². The van der Waals surface area contributed by atoms with Crippen molar-refractivity contribution in [2.75, 3.05) is 6.54 Å². The normalized spacial score (nSPS) is 11.4. The maximum atomic E-state index is 3.46. The molecule has 0 aliphatic carbocycles. The van der Waals surface area contributed by atoms with Gasteiger partial charge in [-0.3, -0.25) is 0 Å². The third kappa shape index (κ3) is 2.83. The molecule has 1 aromatic heterocycles. The van der Waals surface area contributed by atoms with Crippen molar-refractivity contribution in [2.45, 2.75) is 32.7 Å². The van der Waals surface area contributed by atoms with Crippen LogP contribution in [0.3, 0.4) is 0 Å². The van der Waals surface area contributed by atoms with Gasteiger partial charge in [-0.25, -0.2) is 0 Å². The van der Waals surface area contributed by atoms with Crippen LogP contribution >= 0.6 is 11.3 Å². The molecule has 0 saturated heterocycles. The Morgan fingerprint density at radius 2 is 2.12 bits per heavy atom. The van der Waals surface area contributed by atoms with Crippen LogP contribution in [0.4, 0.5) is 0 Å². The molecule has 86 valence electrons. The first-order valence-corrected chi connectivity index (χ1v) is 6.84. The van der Waals surface area contributed by atoms with Gasteiger partial charge in [-0.2, -0.15) is 0 Å². The number of rotatable bonds is 5. The van der Waals surface area contributed by atoms with Crippen LogP contribution in [0.25, 0.3) is 10.1 Å². The molecule has 0 aliphatic heterocycles.